The van der Waals surface area contributed by atoms with Gasteiger partial charge >= 0.3 is 20.8 Å². The van der Waals surface area contributed by atoms with Gasteiger partial charge in [-0.2, -0.15) is 16.8 Å². The maximum atomic E-state index is 9.44. The lowest BCUT2D eigenvalue weighted by atomic mass is 15.8. The van der Waals surface area contributed by atoms with Crippen LogP contribution in [0.2, 0.25) is 0 Å². The first-order chi connectivity index (χ1) is 3.71. The van der Waals surface area contributed by atoms with Crippen molar-refractivity contribution in [1.82, 2.24) is 0 Å². The molecule has 0 radical (unpaired) electrons. The van der Waals surface area contributed by atoms with Gasteiger partial charge in [-0.15, -0.1) is 16.0 Å². The molecule has 10 heteroatoms. The average Bonchev–Trinajstić information content (AvgIpc) is 1.14. The highest BCUT2D eigenvalue weighted by Gasteiger charge is 2.15. The van der Waals surface area contributed by atoms with Crippen LogP contribution in [0.3, 0.4) is 0 Å². The molecule has 0 aliphatic carbocycles. The summed E-state index contributed by atoms with van der Waals surface area (Å²) in [7, 11) is -10.2. The summed E-state index contributed by atoms with van der Waals surface area (Å²) in [5.41, 5.74) is 0. The molecule has 0 unspecified atom stereocenters. The van der Waals surface area contributed by atoms with Gasteiger partial charge < -0.3 is 0 Å². The fourth-order valence-corrected chi connectivity index (χ4v) is 0.978. The Bertz CT molecular complexity index is 237. The minimum atomic E-state index is -5.12. The van der Waals surface area contributed by atoms with E-state index in [0.29, 0.717) is 0 Å². The van der Waals surface area contributed by atoms with Crippen molar-refractivity contribution in [1.29, 1.82) is 0 Å². The van der Waals surface area contributed by atoms with Crippen molar-refractivity contribution in [2.75, 3.05) is 0 Å². The Morgan fingerprint density at radius 3 is 1.10 bits per heavy atom. The second-order valence-electron chi connectivity index (χ2n) is 0.924. The quantitative estimate of drug-likeness (QED) is 0.568. The molecule has 0 spiro atoms. The lowest BCUT2D eigenvalue weighted by molar-refractivity contribution is 0.344. The number of hydrogen-bond acceptors (Lipinski definition) is 5. The van der Waals surface area contributed by atoms with Crippen molar-refractivity contribution in [3.63, 3.8) is 0 Å². The molecule has 0 rings (SSSR count). The fourth-order valence-electron chi connectivity index (χ4n) is 0.109. The van der Waals surface area contributed by atoms with E-state index in [4.69, 9.17) is 9.11 Å². The normalized spacial score (nSPS) is 12.2. The Kier molecular flexibility index (Phi) is 4.40. The lowest BCUT2D eigenvalue weighted by Crippen LogP contribution is -2.10. The van der Waals surface area contributed by atoms with Gasteiger partial charge in [-0.05, 0) is 0 Å². The molecule has 0 heterocycles. The smallest absolute Gasteiger partial charge is 0.263 e. The van der Waals surface area contributed by atoms with Crippen LogP contribution in [0.15, 0.2) is 0 Å². The van der Waals surface area contributed by atoms with Crippen molar-refractivity contribution in [3.8, 4) is 0 Å². The second-order valence-corrected chi connectivity index (χ2v) is 3.18. The minimum Gasteiger partial charge on any atom is -0.263 e. The Hall–Kier alpha value is 0.0700. The molecule has 64 valence electrons. The van der Waals surface area contributed by atoms with Crippen LogP contribution in [0.5, 0.6) is 0 Å². The van der Waals surface area contributed by atoms with E-state index in [2.05, 4.69) is 3.63 Å². The summed E-state index contributed by atoms with van der Waals surface area (Å²) < 4.78 is 55.6. The van der Waals surface area contributed by atoms with Gasteiger partial charge in [0.15, 0.2) is 0 Å². The lowest BCUT2D eigenvalue weighted by Gasteiger charge is -1.89. The Morgan fingerprint density at radius 1 is 0.900 bits per heavy atom. The van der Waals surface area contributed by atoms with Gasteiger partial charge in [0.2, 0.25) is 0 Å². The van der Waals surface area contributed by atoms with E-state index >= 15 is 0 Å². The van der Waals surface area contributed by atoms with Crippen LogP contribution in [0.25, 0.3) is 0 Å². The van der Waals surface area contributed by atoms with Crippen molar-refractivity contribution >= 4 is 33.2 Å². The van der Waals surface area contributed by atoms with Crippen molar-refractivity contribution in [3.05, 3.63) is 0 Å². The largest absolute Gasteiger partial charge is 0.413 e. The first kappa shape index (κ1) is 12.7. The predicted molar refractivity (Wildman–Crippen MR) is 31.4 cm³/mol. The third-order valence-electron chi connectivity index (χ3n) is 0.172. The van der Waals surface area contributed by atoms with Crippen LogP contribution >= 0.6 is 12.4 Å². The van der Waals surface area contributed by atoms with E-state index in [1.807, 2.05) is 0 Å². The molecule has 0 amide bonds. The van der Waals surface area contributed by atoms with Gasteiger partial charge in [-0.1, -0.05) is 0 Å². The predicted octanol–water partition coefficient (Wildman–Crippen LogP) is -0.970. The minimum absolute atomic E-state index is 0. The summed E-state index contributed by atoms with van der Waals surface area (Å²) in [4.78, 5) is 0. The van der Waals surface area contributed by atoms with Gasteiger partial charge in [-0.25, -0.2) is 0 Å². The Balaban J connectivity index is 0. The molecule has 0 aromatic carbocycles. The van der Waals surface area contributed by atoms with Gasteiger partial charge in [0.25, 0.3) is 0 Å². The van der Waals surface area contributed by atoms with E-state index in [9.17, 15) is 16.8 Å². The van der Waals surface area contributed by atoms with Gasteiger partial charge in [-0.3, -0.25) is 9.11 Å². The molecule has 0 aliphatic rings. The molecule has 0 saturated carbocycles. The monoisotopic (exact) mass is 214 g/mol. The van der Waals surface area contributed by atoms with Gasteiger partial charge in [0.1, 0.15) is 0 Å². The van der Waals surface area contributed by atoms with Crippen LogP contribution in [0.1, 0.15) is 0 Å². The average molecular weight is 215 g/mol. The highest BCUT2D eigenvalue weighted by Crippen LogP contribution is 1.91. The zero-order valence-corrected chi connectivity index (χ0v) is 6.61. The molecule has 0 aromatic rings. The second kappa shape index (κ2) is 3.46. The Morgan fingerprint density at radius 2 is 1.10 bits per heavy atom. The molecule has 10 heavy (non-hydrogen) atoms. The maximum Gasteiger partial charge on any atom is 0.413 e. The van der Waals surface area contributed by atoms with Crippen LogP contribution < -0.4 is 0 Å². The third kappa shape index (κ3) is 10.9. The summed E-state index contributed by atoms with van der Waals surface area (Å²) in [5.74, 6) is 0. The number of halogens is 1. The first-order valence-corrected chi connectivity index (χ1v) is 4.10. The maximum absolute atomic E-state index is 9.44. The molecule has 2 N–H and O–H groups in total. The van der Waals surface area contributed by atoms with Crippen LogP contribution in [-0.4, -0.2) is 25.9 Å². The van der Waals surface area contributed by atoms with Crippen LogP contribution in [-0.2, 0) is 24.4 Å². The standard InChI is InChI=1S/ClH.H2O7S2/c;1-8(2,3)7-9(4,5)6/h1H;(H,1,2,3)(H,4,5,6). The summed E-state index contributed by atoms with van der Waals surface area (Å²) in [5, 5.41) is 0. The molecule has 0 fully saturated rings. The number of rotatable bonds is 2. The van der Waals surface area contributed by atoms with Crippen molar-refractivity contribution < 1.29 is 29.6 Å². The molecule has 7 nitrogen and oxygen atoms in total. The molecule has 0 bridgehead atoms. The first-order valence-electron chi connectivity index (χ1n) is 1.37. The zero-order valence-electron chi connectivity index (χ0n) is 4.16. The van der Waals surface area contributed by atoms with E-state index in [1.165, 1.54) is 0 Å². The van der Waals surface area contributed by atoms with E-state index in [1.54, 1.807) is 0 Å². The summed E-state index contributed by atoms with van der Waals surface area (Å²) in [6.45, 7) is 0. The summed E-state index contributed by atoms with van der Waals surface area (Å²) in [6.07, 6.45) is 0. The van der Waals surface area contributed by atoms with Gasteiger partial charge in [0, 0.05) is 0 Å². The van der Waals surface area contributed by atoms with E-state index < -0.39 is 20.8 Å². The fraction of sp³-hybridized carbons (Fsp3) is 0. The molecule has 0 saturated heterocycles. The molecule has 0 aromatic heterocycles. The van der Waals surface area contributed by atoms with Crippen molar-refractivity contribution in [2.45, 2.75) is 0 Å². The summed E-state index contributed by atoms with van der Waals surface area (Å²) >= 11 is 0. The van der Waals surface area contributed by atoms with Crippen LogP contribution in [0.4, 0.5) is 0 Å². The highest BCUT2D eigenvalue weighted by molar-refractivity contribution is 7.94. The highest BCUT2D eigenvalue weighted by atomic mass is 35.5. The van der Waals surface area contributed by atoms with E-state index in [0.717, 1.165) is 0 Å². The molecular weight excluding hydrogens is 212 g/mol. The third-order valence-corrected chi connectivity index (χ3v) is 1.55. The summed E-state index contributed by atoms with van der Waals surface area (Å²) in [6, 6.07) is 0. The molecular formula is H3ClO7S2. The topological polar surface area (TPSA) is 118 Å². The zero-order chi connectivity index (χ0) is 7.71. The molecule has 0 aliphatic heterocycles. The Labute approximate surface area is 63.3 Å². The van der Waals surface area contributed by atoms with Crippen LogP contribution in [0, 0.1) is 0 Å². The molecule has 0 atom stereocenters. The number of hydrogen-bond donors (Lipinski definition) is 2. The van der Waals surface area contributed by atoms with E-state index in [-0.39, 0.29) is 12.4 Å². The van der Waals surface area contributed by atoms with Gasteiger partial charge in [0.05, 0.1) is 0 Å². The SMILES string of the molecule is Cl.O=S(=O)(O)OS(=O)(=O)O. The van der Waals surface area contributed by atoms with Crippen molar-refractivity contribution in [2.24, 2.45) is 0 Å².